The fraction of sp³-hybridized carbons (Fsp3) is 0.400. The molecule has 0 saturated heterocycles. The van der Waals surface area contributed by atoms with Crippen LogP contribution < -0.4 is 0 Å². The third kappa shape index (κ3) is 2.43. The molecule has 0 spiro atoms. The van der Waals surface area contributed by atoms with Gasteiger partial charge in [-0.05, 0) is 25.0 Å². The van der Waals surface area contributed by atoms with Gasteiger partial charge in [0.1, 0.15) is 6.33 Å². The van der Waals surface area contributed by atoms with Gasteiger partial charge in [-0.3, -0.25) is 9.55 Å². The number of hydrogen-bond acceptors (Lipinski definition) is 3. The molecule has 0 aliphatic heterocycles. The molecule has 1 saturated carbocycles. The number of hydrogen-bond donors (Lipinski definition) is 0. The van der Waals surface area contributed by atoms with Gasteiger partial charge in [-0.1, -0.05) is 12.8 Å². The lowest BCUT2D eigenvalue weighted by Gasteiger charge is -2.23. The normalized spacial score (nSPS) is 15.4. The van der Waals surface area contributed by atoms with Crippen LogP contribution in [0.5, 0.6) is 0 Å². The monoisotopic (exact) mass is 270 g/mol. The number of carbonyl (C=O) groups excluding carboxylic acids is 1. The third-order valence-electron chi connectivity index (χ3n) is 3.93. The minimum atomic E-state index is -0.0143. The molecule has 0 N–H and O–H groups in total. The van der Waals surface area contributed by atoms with Crippen LogP contribution in [-0.2, 0) is 0 Å². The molecule has 0 atom stereocenters. The predicted octanol–water partition coefficient (Wildman–Crippen LogP) is 2.79. The Labute approximate surface area is 118 Å². The fourth-order valence-corrected chi connectivity index (χ4v) is 2.72. The second-order valence-electron chi connectivity index (χ2n) is 5.24. The summed E-state index contributed by atoms with van der Waals surface area (Å²) in [7, 11) is 1.88. The van der Waals surface area contributed by atoms with E-state index in [1.54, 1.807) is 29.5 Å². The summed E-state index contributed by atoms with van der Waals surface area (Å²) >= 11 is 0. The molecule has 1 fully saturated rings. The molecule has 104 valence electrons. The maximum Gasteiger partial charge on any atom is 0.329 e. The van der Waals surface area contributed by atoms with Crippen LogP contribution in [0.15, 0.2) is 37.1 Å². The van der Waals surface area contributed by atoms with E-state index in [0.29, 0.717) is 6.04 Å². The third-order valence-corrected chi connectivity index (χ3v) is 3.93. The molecule has 1 aliphatic carbocycles. The van der Waals surface area contributed by atoms with Crippen LogP contribution in [0.1, 0.15) is 25.7 Å². The van der Waals surface area contributed by atoms with Gasteiger partial charge in [0.15, 0.2) is 0 Å². The Bertz CT molecular complexity index is 587. The summed E-state index contributed by atoms with van der Waals surface area (Å²) in [5.74, 6) is 0. The van der Waals surface area contributed by atoms with Crippen molar-refractivity contribution in [2.45, 2.75) is 31.7 Å². The Morgan fingerprint density at radius 1 is 1.40 bits per heavy atom. The Hall–Kier alpha value is -2.17. The van der Waals surface area contributed by atoms with E-state index in [0.717, 1.165) is 24.1 Å². The zero-order valence-corrected chi connectivity index (χ0v) is 11.6. The van der Waals surface area contributed by atoms with Gasteiger partial charge < -0.3 is 4.90 Å². The summed E-state index contributed by atoms with van der Waals surface area (Å²) in [6, 6.07) is 4.15. The first kappa shape index (κ1) is 12.8. The first-order chi connectivity index (χ1) is 9.75. The maximum absolute atomic E-state index is 12.4. The lowest BCUT2D eigenvalue weighted by atomic mass is 10.2. The molecule has 0 unspecified atom stereocenters. The van der Waals surface area contributed by atoms with Crippen LogP contribution in [0.4, 0.5) is 4.79 Å². The lowest BCUT2D eigenvalue weighted by molar-refractivity contribution is 0.192. The average Bonchev–Trinajstić information content (AvgIpc) is 3.18. The van der Waals surface area contributed by atoms with E-state index in [9.17, 15) is 4.79 Å². The highest BCUT2D eigenvalue weighted by Crippen LogP contribution is 2.23. The number of pyridine rings is 1. The molecular formula is C15H18N4O. The molecule has 0 radical (unpaired) electrons. The van der Waals surface area contributed by atoms with Crippen molar-refractivity contribution in [3.8, 4) is 11.3 Å². The van der Waals surface area contributed by atoms with Gasteiger partial charge in [0.2, 0.25) is 0 Å². The summed E-state index contributed by atoms with van der Waals surface area (Å²) < 4.78 is 1.56. The molecule has 0 bridgehead atoms. The number of amides is 1. The van der Waals surface area contributed by atoms with Crippen LogP contribution in [0.3, 0.4) is 0 Å². The van der Waals surface area contributed by atoms with E-state index in [-0.39, 0.29) is 6.03 Å². The van der Waals surface area contributed by atoms with Crippen LogP contribution in [-0.4, -0.2) is 38.6 Å². The summed E-state index contributed by atoms with van der Waals surface area (Å²) in [5, 5.41) is 0. The molecule has 2 aromatic heterocycles. The van der Waals surface area contributed by atoms with Crippen molar-refractivity contribution < 1.29 is 4.79 Å². The molecule has 20 heavy (non-hydrogen) atoms. The van der Waals surface area contributed by atoms with Crippen molar-refractivity contribution in [2.75, 3.05) is 7.05 Å². The van der Waals surface area contributed by atoms with E-state index >= 15 is 0 Å². The smallest absolute Gasteiger partial charge is 0.324 e. The van der Waals surface area contributed by atoms with Crippen molar-refractivity contribution in [3.05, 3.63) is 37.1 Å². The van der Waals surface area contributed by atoms with Gasteiger partial charge in [0, 0.05) is 37.2 Å². The SMILES string of the molecule is CN(C(=O)n1cnc(-c2cccnc2)c1)C1CCCC1. The Morgan fingerprint density at radius 3 is 2.90 bits per heavy atom. The van der Waals surface area contributed by atoms with E-state index in [1.807, 2.05) is 24.1 Å². The molecule has 1 amide bonds. The molecule has 2 heterocycles. The second-order valence-corrected chi connectivity index (χ2v) is 5.24. The number of aromatic nitrogens is 3. The highest BCUT2D eigenvalue weighted by Gasteiger charge is 2.24. The number of rotatable bonds is 2. The van der Waals surface area contributed by atoms with Crippen LogP contribution in [0, 0.1) is 0 Å². The second kappa shape index (κ2) is 5.45. The largest absolute Gasteiger partial charge is 0.329 e. The Kier molecular flexibility index (Phi) is 3.50. The predicted molar refractivity (Wildman–Crippen MR) is 76.3 cm³/mol. The zero-order chi connectivity index (χ0) is 13.9. The molecule has 0 aromatic carbocycles. The first-order valence-electron chi connectivity index (χ1n) is 6.97. The Balaban J connectivity index is 1.78. The van der Waals surface area contributed by atoms with Crippen molar-refractivity contribution in [2.24, 2.45) is 0 Å². The standard InChI is InChI=1S/C15H18N4O/c1-18(13-6-2-3-7-13)15(20)19-10-14(17-11-19)12-5-4-8-16-9-12/h4-5,8-11,13H,2-3,6-7H2,1H3. The Morgan fingerprint density at radius 2 is 2.20 bits per heavy atom. The van der Waals surface area contributed by atoms with Gasteiger partial charge >= 0.3 is 6.03 Å². The summed E-state index contributed by atoms with van der Waals surface area (Å²) in [6.07, 6.45) is 11.5. The minimum absolute atomic E-state index is 0.0143. The number of imidazole rings is 1. The highest BCUT2D eigenvalue weighted by atomic mass is 16.2. The van der Waals surface area contributed by atoms with Crippen molar-refractivity contribution in [3.63, 3.8) is 0 Å². The van der Waals surface area contributed by atoms with E-state index in [2.05, 4.69) is 9.97 Å². The van der Waals surface area contributed by atoms with Gasteiger partial charge in [-0.25, -0.2) is 9.78 Å². The van der Waals surface area contributed by atoms with Crippen LogP contribution in [0.2, 0.25) is 0 Å². The quantitative estimate of drug-likeness (QED) is 0.843. The highest BCUT2D eigenvalue weighted by molar-refractivity contribution is 5.78. The molecule has 2 aromatic rings. The average molecular weight is 270 g/mol. The van der Waals surface area contributed by atoms with Crippen LogP contribution in [0.25, 0.3) is 11.3 Å². The zero-order valence-electron chi connectivity index (χ0n) is 11.6. The molecule has 5 nitrogen and oxygen atoms in total. The van der Waals surface area contributed by atoms with E-state index in [4.69, 9.17) is 0 Å². The molecule has 5 heteroatoms. The molecule has 3 rings (SSSR count). The lowest BCUT2D eigenvalue weighted by Crippen LogP contribution is -2.37. The van der Waals surface area contributed by atoms with Crippen molar-refractivity contribution in [1.29, 1.82) is 0 Å². The first-order valence-corrected chi connectivity index (χ1v) is 6.97. The topological polar surface area (TPSA) is 51.0 Å². The van der Waals surface area contributed by atoms with E-state index < -0.39 is 0 Å². The van der Waals surface area contributed by atoms with Gasteiger partial charge in [0.05, 0.1) is 5.69 Å². The van der Waals surface area contributed by atoms with E-state index in [1.165, 1.54) is 12.8 Å². The summed E-state index contributed by atoms with van der Waals surface area (Å²) in [4.78, 5) is 22.6. The molecule has 1 aliphatic rings. The number of carbonyl (C=O) groups is 1. The fourth-order valence-electron chi connectivity index (χ4n) is 2.72. The van der Waals surface area contributed by atoms with Crippen molar-refractivity contribution >= 4 is 6.03 Å². The van der Waals surface area contributed by atoms with Crippen LogP contribution >= 0.6 is 0 Å². The maximum atomic E-state index is 12.4. The van der Waals surface area contributed by atoms with Gasteiger partial charge in [-0.15, -0.1) is 0 Å². The number of nitrogens with zero attached hydrogens (tertiary/aromatic N) is 4. The van der Waals surface area contributed by atoms with Gasteiger partial charge in [0.25, 0.3) is 0 Å². The molecular weight excluding hydrogens is 252 g/mol. The van der Waals surface area contributed by atoms with Gasteiger partial charge in [-0.2, -0.15) is 0 Å². The van der Waals surface area contributed by atoms with Crippen molar-refractivity contribution in [1.82, 2.24) is 19.4 Å². The summed E-state index contributed by atoms with van der Waals surface area (Å²) in [6.45, 7) is 0. The summed E-state index contributed by atoms with van der Waals surface area (Å²) in [5.41, 5.74) is 1.69. The minimum Gasteiger partial charge on any atom is -0.324 e.